The molecule has 0 bridgehead atoms. The van der Waals surface area contributed by atoms with Crippen molar-refractivity contribution >= 4 is 11.0 Å². The van der Waals surface area contributed by atoms with Gasteiger partial charge in [0, 0.05) is 17.7 Å². The second-order valence-electron chi connectivity index (χ2n) is 7.49. The van der Waals surface area contributed by atoms with E-state index in [1.807, 2.05) is 0 Å². The first kappa shape index (κ1) is 22.8. The zero-order valence-electron chi connectivity index (χ0n) is 17.3. The number of ether oxygens (including phenoxy) is 3. The summed E-state index contributed by atoms with van der Waals surface area (Å²) in [6.07, 6.45) is -6.60. The van der Waals surface area contributed by atoms with E-state index in [-0.39, 0.29) is 45.1 Å². The summed E-state index contributed by atoms with van der Waals surface area (Å²) in [5, 5.41) is 59.8. The van der Waals surface area contributed by atoms with Gasteiger partial charge in [0.25, 0.3) is 0 Å². The predicted molar refractivity (Wildman–Crippen MR) is 112 cm³/mol. The van der Waals surface area contributed by atoms with Gasteiger partial charge in [0.15, 0.2) is 11.5 Å². The van der Waals surface area contributed by atoms with Crippen LogP contribution in [-0.2, 0) is 4.74 Å². The Morgan fingerprint density at radius 2 is 1.73 bits per heavy atom. The van der Waals surface area contributed by atoms with Crippen LogP contribution in [0.4, 0.5) is 0 Å². The lowest BCUT2D eigenvalue weighted by molar-refractivity contribution is -0.277. The van der Waals surface area contributed by atoms with Crippen LogP contribution in [0.2, 0.25) is 0 Å². The Balaban J connectivity index is 1.82. The van der Waals surface area contributed by atoms with Crippen molar-refractivity contribution in [3.05, 3.63) is 46.8 Å². The van der Waals surface area contributed by atoms with Crippen molar-refractivity contribution in [1.29, 1.82) is 0 Å². The maximum Gasteiger partial charge on any atom is 0.229 e. The lowest BCUT2D eigenvalue weighted by atomic mass is 9.99. The number of aliphatic hydroxyl groups excluding tert-OH is 4. The van der Waals surface area contributed by atoms with Crippen molar-refractivity contribution in [2.45, 2.75) is 30.7 Å². The van der Waals surface area contributed by atoms with Gasteiger partial charge in [-0.2, -0.15) is 0 Å². The minimum Gasteiger partial charge on any atom is -0.508 e. The topological polar surface area (TPSA) is 179 Å². The zero-order chi connectivity index (χ0) is 23.9. The van der Waals surface area contributed by atoms with Gasteiger partial charge >= 0.3 is 0 Å². The number of benzene rings is 2. The fourth-order valence-corrected chi connectivity index (χ4v) is 3.61. The highest BCUT2D eigenvalue weighted by Gasteiger charge is 2.45. The minimum absolute atomic E-state index is 0.0200. The molecular weight excluding hydrogens is 440 g/mol. The Kier molecular flexibility index (Phi) is 6.15. The average molecular weight is 462 g/mol. The number of phenolic OH excluding ortho intramolecular Hbond substituents is 2. The standard InChI is InChI=1S/C22H22O11/c1-30-16-6-15(32-22-21(29)20(28)19(27)17(7-23)33-22)11(5-13(16)25)12-8-31-14-4-9(24)2-3-10(14)18(12)26/h2-6,8,17,19-25,27-29H,7H2,1H3. The van der Waals surface area contributed by atoms with Crippen molar-refractivity contribution in [2.75, 3.05) is 13.7 Å². The van der Waals surface area contributed by atoms with Gasteiger partial charge in [-0.1, -0.05) is 0 Å². The van der Waals surface area contributed by atoms with E-state index in [1.54, 1.807) is 0 Å². The molecule has 1 aliphatic heterocycles. The Labute approximate surface area is 186 Å². The molecule has 3 aromatic rings. The summed E-state index contributed by atoms with van der Waals surface area (Å²) >= 11 is 0. The van der Waals surface area contributed by atoms with Crippen LogP contribution in [0.15, 0.2) is 45.8 Å². The summed E-state index contributed by atoms with van der Waals surface area (Å²) in [6, 6.07) is 6.40. The molecule has 11 nitrogen and oxygen atoms in total. The first-order chi connectivity index (χ1) is 15.7. The summed E-state index contributed by atoms with van der Waals surface area (Å²) in [6.45, 7) is -0.655. The Hall–Kier alpha value is -3.35. The van der Waals surface area contributed by atoms with Crippen molar-refractivity contribution in [1.82, 2.24) is 0 Å². The lowest BCUT2D eigenvalue weighted by Gasteiger charge is -2.39. The smallest absolute Gasteiger partial charge is 0.229 e. The number of hydrogen-bond donors (Lipinski definition) is 6. The first-order valence-electron chi connectivity index (χ1n) is 9.88. The summed E-state index contributed by atoms with van der Waals surface area (Å²) in [4.78, 5) is 13.1. The summed E-state index contributed by atoms with van der Waals surface area (Å²) in [7, 11) is 1.29. The van der Waals surface area contributed by atoms with Gasteiger partial charge in [0.05, 0.1) is 24.7 Å². The van der Waals surface area contributed by atoms with Gasteiger partial charge < -0.3 is 49.3 Å². The predicted octanol–water partition coefficient (Wildman–Crippen LogP) is 0.0585. The Morgan fingerprint density at radius 1 is 0.970 bits per heavy atom. The molecule has 4 rings (SSSR count). The van der Waals surface area contributed by atoms with Crippen molar-refractivity contribution in [3.8, 4) is 34.1 Å². The molecule has 2 heterocycles. The van der Waals surface area contributed by atoms with Gasteiger partial charge in [-0.3, -0.25) is 4.79 Å². The molecule has 5 unspecified atom stereocenters. The number of aliphatic hydroxyl groups is 4. The van der Waals surface area contributed by atoms with Crippen LogP contribution in [0, 0.1) is 0 Å². The molecule has 2 aromatic carbocycles. The molecule has 0 spiro atoms. The number of aromatic hydroxyl groups is 2. The molecule has 1 aromatic heterocycles. The third kappa shape index (κ3) is 4.08. The van der Waals surface area contributed by atoms with Crippen LogP contribution >= 0.6 is 0 Å². The van der Waals surface area contributed by atoms with Crippen LogP contribution < -0.4 is 14.9 Å². The van der Waals surface area contributed by atoms with Gasteiger partial charge in [-0.25, -0.2) is 0 Å². The molecule has 1 fully saturated rings. The summed E-state index contributed by atoms with van der Waals surface area (Å²) in [5.74, 6) is -0.515. The van der Waals surface area contributed by atoms with E-state index >= 15 is 0 Å². The molecule has 5 atom stereocenters. The highest BCUT2D eigenvalue weighted by molar-refractivity contribution is 5.84. The number of rotatable bonds is 5. The van der Waals surface area contributed by atoms with Crippen LogP contribution in [0.25, 0.3) is 22.1 Å². The fraction of sp³-hybridized carbons (Fsp3) is 0.318. The van der Waals surface area contributed by atoms with Gasteiger partial charge in [-0.15, -0.1) is 0 Å². The molecule has 0 aliphatic carbocycles. The van der Waals surface area contributed by atoms with Crippen LogP contribution in [0.1, 0.15) is 0 Å². The first-order valence-corrected chi connectivity index (χ1v) is 9.88. The molecule has 0 radical (unpaired) electrons. The second kappa shape index (κ2) is 8.89. The van der Waals surface area contributed by atoms with E-state index < -0.39 is 42.7 Å². The van der Waals surface area contributed by atoms with Crippen LogP contribution in [-0.4, -0.2) is 75.1 Å². The van der Waals surface area contributed by atoms with Gasteiger partial charge in [0.1, 0.15) is 47.8 Å². The van der Waals surface area contributed by atoms with Crippen molar-refractivity contribution < 1.29 is 49.3 Å². The molecule has 176 valence electrons. The van der Waals surface area contributed by atoms with E-state index in [2.05, 4.69) is 0 Å². The third-order valence-electron chi connectivity index (χ3n) is 5.42. The molecule has 1 saturated heterocycles. The molecule has 1 aliphatic rings. The number of phenols is 2. The third-order valence-corrected chi connectivity index (χ3v) is 5.42. The molecule has 0 amide bonds. The quantitative estimate of drug-likeness (QED) is 0.302. The van der Waals surface area contributed by atoms with Gasteiger partial charge in [-0.05, 0) is 18.2 Å². The maximum atomic E-state index is 13.1. The molecule has 11 heteroatoms. The maximum absolute atomic E-state index is 13.1. The Bertz CT molecular complexity index is 1220. The highest BCUT2D eigenvalue weighted by Crippen LogP contribution is 2.40. The van der Waals surface area contributed by atoms with E-state index in [0.717, 1.165) is 6.26 Å². The SMILES string of the molecule is COc1cc(OC2OC(CO)C(O)C(O)C2O)c(-c2coc3cc(O)ccc3c2=O)cc1O. The van der Waals surface area contributed by atoms with E-state index in [9.17, 15) is 35.4 Å². The molecule has 0 saturated carbocycles. The summed E-state index contributed by atoms with van der Waals surface area (Å²) < 4.78 is 21.7. The normalized spacial score (nSPS) is 25.2. The van der Waals surface area contributed by atoms with Crippen LogP contribution in [0.3, 0.4) is 0 Å². The highest BCUT2D eigenvalue weighted by atomic mass is 16.7. The minimum atomic E-state index is -1.70. The van der Waals surface area contributed by atoms with E-state index in [4.69, 9.17) is 18.6 Å². The van der Waals surface area contributed by atoms with Crippen molar-refractivity contribution in [3.63, 3.8) is 0 Å². The molecule has 33 heavy (non-hydrogen) atoms. The number of hydrogen-bond acceptors (Lipinski definition) is 11. The lowest BCUT2D eigenvalue weighted by Crippen LogP contribution is -2.60. The average Bonchev–Trinajstić information content (AvgIpc) is 2.80. The van der Waals surface area contributed by atoms with Gasteiger partial charge in [0.2, 0.25) is 11.7 Å². The number of fused-ring (bicyclic) bond motifs is 1. The van der Waals surface area contributed by atoms with Crippen molar-refractivity contribution in [2.24, 2.45) is 0 Å². The van der Waals surface area contributed by atoms with Crippen LogP contribution in [0.5, 0.6) is 23.0 Å². The second-order valence-corrected chi connectivity index (χ2v) is 7.49. The zero-order valence-corrected chi connectivity index (χ0v) is 17.3. The Morgan fingerprint density at radius 3 is 2.42 bits per heavy atom. The molecular formula is C22H22O11. The molecule has 6 N–H and O–H groups in total. The largest absolute Gasteiger partial charge is 0.508 e. The summed E-state index contributed by atoms with van der Waals surface area (Å²) in [5.41, 5.74) is -0.336. The van der Waals surface area contributed by atoms with E-state index in [0.29, 0.717) is 0 Å². The monoisotopic (exact) mass is 462 g/mol. The fourth-order valence-electron chi connectivity index (χ4n) is 3.61. The number of methoxy groups -OCH3 is 1. The van der Waals surface area contributed by atoms with E-state index in [1.165, 1.54) is 37.4 Å².